The van der Waals surface area contributed by atoms with Gasteiger partial charge < -0.3 is 0 Å². The Morgan fingerprint density at radius 1 is 1.38 bits per heavy atom. The molecular formula is C12H12O. The zero-order valence-electron chi connectivity index (χ0n) is 7.44. The summed E-state index contributed by atoms with van der Waals surface area (Å²) >= 11 is 0. The average Bonchev–Trinajstić information content (AvgIpc) is 2.19. The van der Waals surface area contributed by atoms with Crippen molar-refractivity contribution in [2.24, 2.45) is 0 Å². The molecule has 0 aliphatic carbocycles. The standard InChI is InChI=1S/C12H12O/c1-2-3-4-6-11-7-5-8-12(9-11)10-13/h2-5,7-10H,1,6H2. The summed E-state index contributed by atoms with van der Waals surface area (Å²) in [4.78, 5) is 10.5. The van der Waals surface area contributed by atoms with Crippen LogP contribution in [0.25, 0.3) is 0 Å². The molecule has 0 aliphatic rings. The normalized spacial score (nSPS) is 10.2. The second-order valence-electron chi connectivity index (χ2n) is 2.73. The summed E-state index contributed by atoms with van der Waals surface area (Å²) < 4.78 is 0. The molecule has 0 amide bonds. The number of carbonyl (C=O) groups is 1. The van der Waals surface area contributed by atoms with Crippen molar-refractivity contribution < 1.29 is 4.79 Å². The second kappa shape index (κ2) is 5.09. The van der Waals surface area contributed by atoms with Gasteiger partial charge in [0.2, 0.25) is 0 Å². The summed E-state index contributed by atoms with van der Waals surface area (Å²) in [6.45, 7) is 3.58. The van der Waals surface area contributed by atoms with Gasteiger partial charge in [0, 0.05) is 5.56 Å². The van der Waals surface area contributed by atoms with Crippen LogP contribution in [0.15, 0.2) is 49.1 Å². The van der Waals surface area contributed by atoms with Crippen molar-refractivity contribution in [3.05, 3.63) is 60.2 Å². The Labute approximate surface area is 78.4 Å². The van der Waals surface area contributed by atoms with Crippen molar-refractivity contribution in [1.29, 1.82) is 0 Å². The van der Waals surface area contributed by atoms with Gasteiger partial charge in [0.05, 0.1) is 0 Å². The van der Waals surface area contributed by atoms with Gasteiger partial charge in [-0.1, -0.05) is 43.0 Å². The molecule has 0 heterocycles. The smallest absolute Gasteiger partial charge is 0.150 e. The quantitative estimate of drug-likeness (QED) is 0.504. The van der Waals surface area contributed by atoms with E-state index >= 15 is 0 Å². The minimum Gasteiger partial charge on any atom is -0.298 e. The van der Waals surface area contributed by atoms with Crippen molar-refractivity contribution in [3.8, 4) is 0 Å². The van der Waals surface area contributed by atoms with Crippen molar-refractivity contribution in [1.82, 2.24) is 0 Å². The molecule has 0 atom stereocenters. The van der Waals surface area contributed by atoms with Crippen LogP contribution in [0, 0.1) is 0 Å². The summed E-state index contributed by atoms with van der Waals surface area (Å²) in [5.74, 6) is 0. The predicted octanol–water partition coefficient (Wildman–Crippen LogP) is 2.78. The summed E-state index contributed by atoms with van der Waals surface area (Å²) in [5, 5.41) is 0. The molecule has 0 bridgehead atoms. The lowest BCUT2D eigenvalue weighted by atomic mass is 10.1. The topological polar surface area (TPSA) is 17.1 Å². The Hall–Kier alpha value is -1.63. The van der Waals surface area contributed by atoms with E-state index in [1.165, 1.54) is 0 Å². The third-order valence-corrected chi connectivity index (χ3v) is 1.71. The molecule has 13 heavy (non-hydrogen) atoms. The van der Waals surface area contributed by atoms with E-state index in [1.807, 2.05) is 30.4 Å². The first kappa shape index (κ1) is 9.46. The molecule has 0 saturated carbocycles. The van der Waals surface area contributed by atoms with E-state index < -0.39 is 0 Å². The van der Waals surface area contributed by atoms with E-state index in [9.17, 15) is 4.79 Å². The fourth-order valence-electron chi connectivity index (χ4n) is 1.09. The molecule has 0 N–H and O–H groups in total. The van der Waals surface area contributed by atoms with E-state index in [1.54, 1.807) is 12.1 Å². The molecule has 0 unspecified atom stereocenters. The maximum Gasteiger partial charge on any atom is 0.150 e. The summed E-state index contributed by atoms with van der Waals surface area (Å²) in [6, 6.07) is 7.58. The molecule has 1 aromatic rings. The summed E-state index contributed by atoms with van der Waals surface area (Å²) in [7, 11) is 0. The SMILES string of the molecule is C=CC=CCc1cccc(C=O)c1. The highest BCUT2D eigenvalue weighted by Crippen LogP contribution is 2.04. The first-order valence-electron chi connectivity index (χ1n) is 4.18. The fraction of sp³-hybridized carbons (Fsp3) is 0.0833. The van der Waals surface area contributed by atoms with Crippen LogP contribution in [0.5, 0.6) is 0 Å². The van der Waals surface area contributed by atoms with Crippen LogP contribution in [0.3, 0.4) is 0 Å². The van der Waals surface area contributed by atoms with Crippen LogP contribution in [-0.4, -0.2) is 6.29 Å². The van der Waals surface area contributed by atoms with Crippen LogP contribution >= 0.6 is 0 Å². The van der Waals surface area contributed by atoms with Crippen LogP contribution in [-0.2, 0) is 6.42 Å². The van der Waals surface area contributed by atoms with Crippen molar-refractivity contribution in [2.75, 3.05) is 0 Å². The second-order valence-corrected chi connectivity index (χ2v) is 2.73. The van der Waals surface area contributed by atoms with Gasteiger partial charge in [-0.15, -0.1) is 0 Å². The molecule has 1 heteroatoms. The number of allylic oxidation sites excluding steroid dienone is 3. The molecule has 0 fully saturated rings. The molecule has 0 aromatic heterocycles. The molecular weight excluding hydrogens is 160 g/mol. The van der Waals surface area contributed by atoms with Crippen LogP contribution < -0.4 is 0 Å². The number of rotatable bonds is 4. The molecule has 0 aliphatic heterocycles. The van der Waals surface area contributed by atoms with Crippen LogP contribution in [0.4, 0.5) is 0 Å². The minimum absolute atomic E-state index is 0.726. The van der Waals surface area contributed by atoms with Crippen LogP contribution in [0.1, 0.15) is 15.9 Å². The Morgan fingerprint density at radius 3 is 2.92 bits per heavy atom. The Bertz CT molecular complexity index is 324. The molecule has 1 aromatic carbocycles. The Morgan fingerprint density at radius 2 is 2.23 bits per heavy atom. The minimum atomic E-state index is 0.726. The van der Waals surface area contributed by atoms with Gasteiger partial charge in [-0.25, -0.2) is 0 Å². The number of carbonyl (C=O) groups excluding carboxylic acids is 1. The van der Waals surface area contributed by atoms with Crippen molar-refractivity contribution in [2.45, 2.75) is 6.42 Å². The van der Waals surface area contributed by atoms with Gasteiger partial charge in [0.25, 0.3) is 0 Å². The van der Waals surface area contributed by atoms with Crippen molar-refractivity contribution in [3.63, 3.8) is 0 Å². The van der Waals surface area contributed by atoms with E-state index in [2.05, 4.69) is 6.58 Å². The lowest BCUT2D eigenvalue weighted by molar-refractivity contribution is 0.112. The maximum atomic E-state index is 10.5. The largest absolute Gasteiger partial charge is 0.298 e. The van der Waals surface area contributed by atoms with Gasteiger partial charge in [0.1, 0.15) is 6.29 Å². The summed E-state index contributed by atoms with van der Waals surface area (Å²) in [5.41, 5.74) is 1.87. The lowest BCUT2D eigenvalue weighted by Crippen LogP contribution is -1.84. The van der Waals surface area contributed by atoms with Gasteiger partial charge >= 0.3 is 0 Å². The number of hydrogen-bond acceptors (Lipinski definition) is 1. The number of aldehydes is 1. The predicted molar refractivity (Wildman–Crippen MR) is 54.9 cm³/mol. The summed E-state index contributed by atoms with van der Waals surface area (Å²) in [6.07, 6.45) is 7.35. The Balaban J connectivity index is 2.71. The van der Waals surface area contributed by atoms with E-state index in [-0.39, 0.29) is 0 Å². The Kier molecular flexibility index (Phi) is 3.71. The van der Waals surface area contributed by atoms with Crippen molar-refractivity contribution >= 4 is 6.29 Å². The molecule has 0 radical (unpaired) electrons. The third-order valence-electron chi connectivity index (χ3n) is 1.71. The van der Waals surface area contributed by atoms with Gasteiger partial charge in [-0.2, -0.15) is 0 Å². The lowest BCUT2D eigenvalue weighted by Gasteiger charge is -1.96. The zero-order valence-corrected chi connectivity index (χ0v) is 7.44. The zero-order chi connectivity index (χ0) is 9.52. The fourth-order valence-corrected chi connectivity index (χ4v) is 1.09. The number of benzene rings is 1. The van der Waals surface area contributed by atoms with E-state index in [0.29, 0.717) is 0 Å². The highest BCUT2D eigenvalue weighted by molar-refractivity contribution is 5.74. The van der Waals surface area contributed by atoms with Gasteiger partial charge in [0.15, 0.2) is 0 Å². The molecule has 1 rings (SSSR count). The third kappa shape index (κ3) is 3.08. The molecule has 0 spiro atoms. The monoisotopic (exact) mass is 172 g/mol. The average molecular weight is 172 g/mol. The first-order chi connectivity index (χ1) is 6.36. The molecule has 66 valence electrons. The number of hydrogen-bond donors (Lipinski definition) is 0. The molecule has 0 saturated heterocycles. The molecule has 1 nitrogen and oxygen atoms in total. The maximum absolute atomic E-state index is 10.5. The van der Waals surface area contributed by atoms with Gasteiger partial charge in [-0.05, 0) is 18.1 Å². The highest BCUT2D eigenvalue weighted by Gasteiger charge is 1.91. The highest BCUT2D eigenvalue weighted by atomic mass is 16.1. The van der Waals surface area contributed by atoms with Crippen LogP contribution in [0.2, 0.25) is 0 Å². The van der Waals surface area contributed by atoms with E-state index in [4.69, 9.17) is 0 Å². The van der Waals surface area contributed by atoms with E-state index in [0.717, 1.165) is 23.8 Å². The van der Waals surface area contributed by atoms with Gasteiger partial charge in [-0.3, -0.25) is 4.79 Å². The first-order valence-corrected chi connectivity index (χ1v) is 4.18.